The molecule has 3 rings (SSSR count). The zero-order valence-corrected chi connectivity index (χ0v) is 17.1. The molecule has 1 aliphatic rings. The quantitative estimate of drug-likeness (QED) is 0.802. The third kappa shape index (κ3) is 6.13. The molecule has 0 aromatic heterocycles. The molecule has 5 heteroatoms. The van der Waals surface area contributed by atoms with Crippen LogP contribution in [0.1, 0.15) is 38.1 Å². The fourth-order valence-corrected chi connectivity index (χ4v) is 2.68. The number of likely N-dealkylation sites (N-methyl/N-ethyl adjacent to an activating group) is 1. The van der Waals surface area contributed by atoms with E-state index in [1.54, 1.807) is 24.0 Å². The molecule has 0 N–H and O–H groups in total. The first-order chi connectivity index (χ1) is 12.9. The maximum atomic E-state index is 11.6. The summed E-state index contributed by atoms with van der Waals surface area (Å²) in [5.41, 5.74) is 2.22. The van der Waals surface area contributed by atoms with Gasteiger partial charge in [-0.1, -0.05) is 61.9 Å². The molecular formula is C22H30N2O3. The number of benzene rings is 2. The van der Waals surface area contributed by atoms with Gasteiger partial charge >= 0.3 is 0 Å². The minimum Gasteiger partial charge on any atom is -0.497 e. The van der Waals surface area contributed by atoms with E-state index in [4.69, 9.17) is 4.74 Å². The van der Waals surface area contributed by atoms with E-state index in [0.717, 1.165) is 11.3 Å². The Kier molecular flexibility index (Phi) is 9.06. The molecule has 0 aliphatic carbocycles. The molecule has 0 spiro atoms. The molecule has 1 fully saturated rings. The van der Waals surface area contributed by atoms with Crippen molar-refractivity contribution in [2.45, 2.75) is 33.9 Å². The third-order valence-corrected chi connectivity index (χ3v) is 4.12. The van der Waals surface area contributed by atoms with Gasteiger partial charge in [0, 0.05) is 14.0 Å². The zero-order valence-electron chi connectivity index (χ0n) is 17.1. The highest BCUT2D eigenvalue weighted by atomic mass is 16.5. The van der Waals surface area contributed by atoms with Crippen LogP contribution in [0.5, 0.6) is 5.75 Å². The van der Waals surface area contributed by atoms with E-state index < -0.39 is 0 Å². The molecule has 0 saturated carbocycles. The van der Waals surface area contributed by atoms with Crippen LogP contribution in [0.25, 0.3) is 0 Å². The van der Waals surface area contributed by atoms with Gasteiger partial charge in [-0.2, -0.15) is 0 Å². The normalized spacial score (nSPS) is 15.3. The van der Waals surface area contributed by atoms with E-state index in [0.29, 0.717) is 0 Å². The van der Waals surface area contributed by atoms with E-state index in [2.05, 4.69) is 6.92 Å². The highest BCUT2D eigenvalue weighted by Gasteiger charge is 2.37. The van der Waals surface area contributed by atoms with Crippen LogP contribution in [0, 0.1) is 6.92 Å². The molecule has 1 saturated heterocycles. The van der Waals surface area contributed by atoms with E-state index in [1.165, 1.54) is 12.5 Å². The minimum absolute atomic E-state index is 0.0240. The van der Waals surface area contributed by atoms with Crippen molar-refractivity contribution in [1.29, 1.82) is 0 Å². The smallest absolute Gasteiger partial charge is 0.243 e. The molecule has 2 aromatic rings. The number of aryl methyl sites for hydroxylation is 1. The average molecular weight is 370 g/mol. The zero-order chi connectivity index (χ0) is 20.4. The molecule has 2 aromatic carbocycles. The summed E-state index contributed by atoms with van der Waals surface area (Å²) in [5.74, 6) is 0.816. The molecule has 1 atom stereocenters. The summed E-state index contributed by atoms with van der Waals surface area (Å²) in [6.07, 6.45) is -0.258. The Balaban J connectivity index is 0.000000282. The summed E-state index contributed by atoms with van der Waals surface area (Å²) in [5, 5.41) is 0. The number of amides is 2. The van der Waals surface area contributed by atoms with Gasteiger partial charge in [-0.15, -0.1) is 0 Å². The van der Waals surface area contributed by atoms with Gasteiger partial charge in [-0.25, -0.2) is 0 Å². The second-order valence-electron chi connectivity index (χ2n) is 5.95. The van der Waals surface area contributed by atoms with Gasteiger partial charge in [-0.05, 0) is 24.6 Å². The van der Waals surface area contributed by atoms with Crippen LogP contribution in [0.4, 0.5) is 0 Å². The number of hydrogen-bond acceptors (Lipinski definition) is 3. The summed E-state index contributed by atoms with van der Waals surface area (Å²) in [4.78, 5) is 26.3. The van der Waals surface area contributed by atoms with Gasteiger partial charge < -0.3 is 14.5 Å². The molecular weight excluding hydrogens is 340 g/mol. The van der Waals surface area contributed by atoms with Gasteiger partial charge in [0.1, 0.15) is 18.5 Å². The second-order valence-corrected chi connectivity index (χ2v) is 5.95. The Labute approximate surface area is 162 Å². The highest BCUT2D eigenvalue weighted by Crippen LogP contribution is 2.28. The summed E-state index contributed by atoms with van der Waals surface area (Å²) in [6, 6.07) is 17.5. The van der Waals surface area contributed by atoms with Gasteiger partial charge in [0.05, 0.1) is 7.11 Å². The molecule has 0 radical (unpaired) electrons. The summed E-state index contributed by atoms with van der Waals surface area (Å²) < 4.78 is 4.97. The molecule has 1 aliphatic heterocycles. The van der Waals surface area contributed by atoms with Crippen LogP contribution >= 0.6 is 0 Å². The SMILES string of the molecule is CC.CC(=O)N1CC(=O)N(C)C1c1ccccc1.COc1ccc(C)cc1. The molecule has 5 nitrogen and oxygen atoms in total. The van der Waals surface area contributed by atoms with Crippen molar-refractivity contribution in [3.05, 3.63) is 65.7 Å². The number of methoxy groups -OCH3 is 1. The number of nitrogens with zero attached hydrogens (tertiary/aromatic N) is 2. The molecule has 1 heterocycles. The number of ether oxygens (including phenoxy) is 1. The largest absolute Gasteiger partial charge is 0.497 e. The lowest BCUT2D eigenvalue weighted by Gasteiger charge is -2.26. The predicted octanol–water partition coefficient (Wildman–Crippen LogP) is 4.04. The van der Waals surface area contributed by atoms with E-state index in [1.807, 2.05) is 68.4 Å². The van der Waals surface area contributed by atoms with Crippen molar-refractivity contribution in [2.24, 2.45) is 0 Å². The Morgan fingerprint density at radius 1 is 1.04 bits per heavy atom. The topological polar surface area (TPSA) is 49.9 Å². The summed E-state index contributed by atoms with van der Waals surface area (Å²) >= 11 is 0. The van der Waals surface area contributed by atoms with Crippen molar-refractivity contribution in [3.63, 3.8) is 0 Å². The van der Waals surface area contributed by atoms with Crippen LogP contribution in [-0.2, 0) is 9.59 Å². The Bertz CT molecular complexity index is 714. The molecule has 27 heavy (non-hydrogen) atoms. The molecule has 1 unspecified atom stereocenters. The van der Waals surface area contributed by atoms with Gasteiger partial charge in [-0.3, -0.25) is 9.59 Å². The third-order valence-electron chi connectivity index (χ3n) is 4.12. The average Bonchev–Trinajstić information content (AvgIpc) is 3.00. The van der Waals surface area contributed by atoms with Gasteiger partial charge in [0.25, 0.3) is 0 Å². The lowest BCUT2D eigenvalue weighted by Crippen LogP contribution is -2.32. The first-order valence-corrected chi connectivity index (χ1v) is 9.12. The fraction of sp³-hybridized carbons (Fsp3) is 0.364. The first kappa shape index (κ1) is 22.2. The van der Waals surface area contributed by atoms with Crippen LogP contribution in [0.2, 0.25) is 0 Å². The molecule has 146 valence electrons. The van der Waals surface area contributed by atoms with Crippen LogP contribution in [0.3, 0.4) is 0 Å². The minimum atomic E-state index is -0.258. The van der Waals surface area contributed by atoms with Crippen molar-refractivity contribution < 1.29 is 14.3 Å². The Hall–Kier alpha value is -2.82. The molecule has 2 amide bonds. The van der Waals surface area contributed by atoms with Gasteiger partial charge in [0.2, 0.25) is 11.8 Å². The standard InChI is InChI=1S/C12H14N2O2.C8H10O.C2H6/c1-9(15)14-8-11(16)13(2)12(14)10-6-4-3-5-7-10;1-7-3-5-8(9-2)6-4-7;1-2/h3-7,12H,8H2,1-2H3;3-6H,1-2H3;1-2H3. The lowest BCUT2D eigenvalue weighted by atomic mass is 10.1. The van der Waals surface area contributed by atoms with E-state index in [9.17, 15) is 9.59 Å². The van der Waals surface area contributed by atoms with E-state index in [-0.39, 0.29) is 24.5 Å². The second kappa shape index (κ2) is 11.0. The monoisotopic (exact) mass is 370 g/mol. The van der Waals surface area contributed by atoms with Crippen LogP contribution < -0.4 is 4.74 Å². The molecule has 0 bridgehead atoms. The van der Waals surface area contributed by atoms with Crippen molar-refractivity contribution in [2.75, 3.05) is 20.7 Å². The Morgan fingerprint density at radius 2 is 1.59 bits per heavy atom. The van der Waals surface area contributed by atoms with Crippen LogP contribution in [0.15, 0.2) is 54.6 Å². The number of carbonyl (C=O) groups excluding carboxylic acids is 2. The van der Waals surface area contributed by atoms with Crippen LogP contribution in [-0.4, -0.2) is 42.3 Å². The number of hydrogen-bond donors (Lipinski definition) is 0. The van der Waals surface area contributed by atoms with Crippen molar-refractivity contribution >= 4 is 11.8 Å². The predicted molar refractivity (Wildman–Crippen MR) is 108 cm³/mol. The fourth-order valence-electron chi connectivity index (χ4n) is 2.68. The maximum absolute atomic E-state index is 11.6. The maximum Gasteiger partial charge on any atom is 0.243 e. The number of carbonyl (C=O) groups is 2. The first-order valence-electron chi connectivity index (χ1n) is 9.12. The van der Waals surface area contributed by atoms with Gasteiger partial charge in [0.15, 0.2) is 0 Å². The van der Waals surface area contributed by atoms with E-state index >= 15 is 0 Å². The Morgan fingerprint density at radius 3 is 2.07 bits per heavy atom. The summed E-state index contributed by atoms with van der Waals surface area (Å²) in [6.45, 7) is 7.72. The highest BCUT2D eigenvalue weighted by molar-refractivity contribution is 5.87. The summed E-state index contributed by atoms with van der Waals surface area (Å²) in [7, 11) is 3.40. The van der Waals surface area contributed by atoms with Crippen molar-refractivity contribution in [1.82, 2.24) is 9.80 Å². The lowest BCUT2D eigenvalue weighted by molar-refractivity contribution is -0.131. The number of rotatable bonds is 2. The van der Waals surface area contributed by atoms with Crippen molar-refractivity contribution in [3.8, 4) is 5.75 Å².